The lowest BCUT2D eigenvalue weighted by Crippen LogP contribution is -2.40. The van der Waals surface area contributed by atoms with Crippen molar-refractivity contribution in [2.45, 2.75) is 71.0 Å². The highest BCUT2D eigenvalue weighted by Gasteiger charge is 2.40. The fourth-order valence-corrected chi connectivity index (χ4v) is 5.40. The summed E-state index contributed by atoms with van der Waals surface area (Å²) in [7, 11) is -3.62. The molecule has 0 saturated heterocycles. The van der Waals surface area contributed by atoms with E-state index in [0.29, 0.717) is 28.9 Å². The van der Waals surface area contributed by atoms with E-state index in [1.807, 2.05) is 40.8 Å². The third-order valence-corrected chi connectivity index (χ3v) is 12.1. The third kappa shape index (κ3) is 9.27. The fraction of sp³-hybridized carbons (Fsp3) is 0.517. The molecule has 0 amide bonds. The van der Waals surface area contributed by atoms with Crippen molar-refractivity contribution in [3.05, 3.63) is 47.4 Å². The van der Waals surface area contributed by atoms with Crippen LogP contribution in [-0.2, 0) is 24.3 Å². The van der Waals surface area contributed by atoms with Gasteiger partial charge in [0.15, 0.2) is 14.1 Å². The Kier molecular flexibility index (Phi) is 11.1. The molecule has 0 radical (unpaired) electrons. The van der Waals surface area contributed by atoms with E-state index in [1.165, 1.54) is 44.5 Å². The second-order valence-electron chi connectivity index (χ2n) is 11.9. The largest absolute Gasteiger partial charge is 0.469 e. The van der Waals surface area contributed by atoms with Crippen LogP contribution in [0.3, 0.4) is 0 Å². The van der Waals surface area contributed by atoms with Crippen LogP contribution in [0.2, 0.25) is 18.1 Å². The van der Waals surface area contributed by atoms with Crippen LogP contribution >= 0.6 is 0 Å². The van der Waals surface area contributed by atoms with Crippen molar-refractivity contribution in [3.63, 3.8) is 0 Å². The number of esters is 1. The summed E-state index contributed by atoms with van der Waals surface area (Å²) in [4.78, 5) is 45.2. The quantitative estimate of drug-likeness (QED) is 0.184. The van der Waals surface area contributed by atoms with Crippen LogP contribution in [-0.4, -0.2) is 63.7 Å². The molecule has 41 heavy (non-hydrogen) atoms. The van der Waals surface area contributed by atoms with Crippen LogP contribution in [0, 0.1) is 11.7 Å². The summed E-state index contributed by atoms with van der Waals surface area (Å²) in [6, 6.07) is 5.60. The molecule has 1 N–H and O–H groups in total. The van der Waals surface area contributed by atoms with Crippen molar-refractivity contribution in [1.29, 1.82) is 0 Å². The summed E-state index contributed by atoms with van der Waals surface area (Å²) in [6.07, 6.45) is 4.59. The number of nitrogens with zero attached hydrogens (tertiary/aromatic N) is 3. The number of carbonyl (C=O) groups is 2. The van der Waals surface area contributed by atoms with E-state index in [4.69, 9.17) is 4.74 Å². The van der Waals surface area contributed by atoms with Gasteiger partial charge in [-0.15, -0.1) is 0 Å². The van der Waals surface area contributed by atoms with Gasteiger partial charge in [-0.1, -0.05) is 27.7 Å². The maximum Gasteiger partial charge on any atom is 0.305 e. The summed E-state index contributed by atoms with van der Waals surface area (Å²) >= 11 is 0. The number of sulfonamides is 1. The number of ketones is 1. The molecule has 0 bridgehead atoms. The van der Waals surface area contributed by atoms with Gasteiger partial charge in [-0.2, -0.15) is 0 Å². The molecular formula is C29H42FN3O6SSi. The molecule has 1 aromatic heterocycles. The van der Waals surface area contributed by atoms with Gasteiger partial charge in [0.2, 0.25) is 16.0 Å². The standard InChI is InChI=1S/C29H42FN3O6SSi/c1-19(2)26-24(15-14-23(34)16-20(17-25(35)39-6)18-29(3,4)41(8,9)38)27(21-10-12-22(30)13-11-21)32-28(31-26)33(5)40(7,36)37/h10-15,19-20,38H,16-18H2,1-9H3/b15-14+/t20-/m1/s1. The van der Waals surface area contributed by atoms with Crippen molar-refractivity contribution in [1.82, 2.24) is 9.97 Å². The van der Waals surface area contributed by atoms with Crippen LogP contribution in [0.4, 0.5) is 10.3 Å². The van der Waals surface area contributed by atoms with Crippen LogP contribution in [0.5, 0.6) is 0 Å². The Labute approximate surface area is 244 Å². The van der Waals surface area contributed by atoms with E-state index in [-0.39, 0.29) is 36.4 Å². The number of ether oxygens (including phenoxy) is 1. The number of methoxy groups -OCH3 is 1. The summed E-state index contributed by atoms with van der Waals surface area (Å²) < 4.78 is 44.1. The van der Waals surface area contributed by atoms with Gasteiger partial charge in [-0.05, 0) is 72.8 Å². The Hall–Kier alpha value is -2.96. The summed E-state index contributed by atoms with van der Waals surface area (Å²) in [5.74, 6) is -1.69. The minimum Gasteiger partial charge on any atom is -0.469 e. The zero-order valence-electron chi connectivity index (χ0n) is 25.4. The van der Waals surface area contributed by atoms with E-state index in [0.717, 1.165) is 10.6 Å². The number of aromatic nitrogens is 2. The minimum absolute atomic E-state index is 0.0394. The maximum atomic E-state index is 13.7. The second kappa shape index (κ2) is 13.3. The molecule has 9 nitrogen and oxygen atoms in total. The van der Waals surface area contributed by atoms with Gasteiger partial charge < -0.3 is 9.53 Å². The van der Waals surface area contributed by atoms with Crippen LogP contribution in [0.1, 0.15) is 64.1 Å². The topological polar surface area (TPSA) is 127 Å². The molecule has 2 aromatic rings. The van der Waals surface area contributed by atoms with Crippen molar-refractivity contribution >= 4 is 42.1 Å². The number of carbonyl (C=O) groups excluding carboxylic acids is 2. The second-order valence-corrected chi connectivity index (χ2v) is 18.3. The van der Waals surface area contributed by atoms with Crippen molar-refractivity contribution in [3.8, 4) is 11.3 Å². The number of benzene rings is 1. The van der Waals surface area contributed by atoms with Crippen molar-refractivity contribution in [2.75, 3.05) is 24.7 Å². The summed E-state index contributed by atoms with van der Waals surface area (Å²) in [5.41, 5.74) is 1.87. The smallest absolute Gasteiger partial charge is 0.305 e. The zero-order valence-corrected chi connectivity index (χ0v) is 27.2. The predicted octanol–water partition coefficient (Wildman–Crippen LogP) is 5.32. The number of anilines is 1. The summed E-state index contributed by atoms with van der Waals surface area (Å²) in [5, 5.41) is -0.453. The van der Waals surface area contributed by atoms with E-state index in [9.17, 15) is 27.2 Å². The molecule has 0 aliphatic carbocycles. The number of rotatable bonds is 13. The van der Waals surface area contributed by atoms with Crippen LogP contribution < -0.4 is 4.31 Å². The maximum absolute atomic E-state index is 13.7. The number of halogens is 1. The first-order valence-corrected chi connectivity index (χ1v) is 18.2. The van der Waals surface area contributed by atoms with Gasteiger partial charge in [0.1, 0.15) is 5.82 Å². The van der Waals surface area contributed by atoms with E-state index >= 15 is 0 Å². The van der Waals surface area contributed by atoms with Crippen LogP contribution in [0.25, 0.3) is 17.3 Å². The Bertz CT molecular complexity index is 1390. The molecule has 0 fully saturated rings. The van der Waals surface area contributed by atoms with Crippen LogP contribution in [0.15, 0.2) is 30.3 Å². The number of allylic oxidation sites excluding steroid dienone is 1. The Morgan fingerprint density at radius 3 is 2.22 bits per heavy atom. The molecule has 0 unspecified atom stereocenters. The monoisotopic (exact) mass is 607 g/mol. The summed E-state index contributed by atoms with van der Waals surface area (Å²) in [6.45, 7) is 11.3. The average Bonchev–Trinajstić information content (AvgIpc) is 2.85. The van der Waals surface area contributed by atoms with E-state index in [1.54, 1.807) is 6.08 Å². The molecule has 0 saturated carbocycles. The SMILES string of the molecule is COC(=O)C[C@@H](CC(=O)/C=C/c1c(-c2ccc(F)cc2)nc(N(C)S(C)(=O)=O)nc1C(C)C)CC(C)(C)[Si](C)(C)O. The first-order chi connectivity index (χ1) is 18.8. The normalized spacial score (nSPS) is 13.5. The molecule has 0 spiro atoms. The minimum atomic E-state index is -3.67. The first-order valence-electron chi connectivity index (χ1n) is 13.4. The molecule has 1 aromatic carbocycles. The highest BCUT2D eigenvalue weighted by atomic mass is 32.2. The average molecular weight is 608 g/mol. The Morgan fingerprint density at radius 2 is 1.73 bits per heavy atom. The molecule has 1 heterocycles. The van der Waals surface area contributed by atoms with Gasteiger partial charge in [0, 0.05) is 31.0 Å². The van der Waals surface area contributed by atoms with Gasteiger partial charge in [0.05, 0.1) is 24.8 Å². The lowest BCUT2D eigenvalue weighted by molar-refractivity contribution is -0.141. The lowest BCUT2D eigenvalue weighted by atomic mass is 9.88. The highest BCUT2D eigenvalue weighted by Crippen LogP contribution is 2.43. The van der Waals surface area contributed by atoms with E-state index < -0.39 is 35.2 Å². The molecule has 0 aliphatic heterocycles. The fourth-order valence-electron chi connectivity index (χ4n) is 4.23. The molecular weight excluding hydrogens is 565 g/mol. The Balaban J connectivity index is 2.58. The molecule has 12 heteroatoms. The van der Waals surface area contributed by atoms with Gasteiger partial charge in [-0.3, -0.25) is 9.59 Å². The number of hydrogen-bond acceptors (Lipinski definition) is 8. The van der Waals surface area contributed by atoms with Crippen molar-refractivity contribution in [2.24, 2.45) is 5.92 Å². The molecule has 2 rings (SSSR count). The molecule has 226 valence electrons. The van der Waals surface area contributed by atoms with Gasteiger partial charge in [0.25, 0.3) is 0 Å². The zero-order chi connectivity index (χ0) is 31.3. The first kappa shape index (κ1) is 34.2. The van der Waals surface area contributed by atoms with E-state index in [2.05, 4.69) is 9.97 Å². The molecule has 0 aliphatic rings. The third-order valence-electron chi connectivity index (χ3n) is 7.47. The Morgan fingerprint density at radius 1 is 1.15 bits per heavy atom. The lowest BCUT2D eigenvalue weighted by Gasteiger charge is -2.37. The highest BCUT2D eigenvalue weighted by molar-refractivity contribution is 7.92. The predicted molar refractivity (Wildman–Crippen MR) is 162 cm³/mol. The van der Waals surface area contributed by atoms with Gasteiger partial charge in [-0.25, -0.2) is 27.1 Å². The molecule has 1 atom stereocenters. The number of hydrogen-bond donors (Lipinski definition) is 1. The van der Waals surface area contributed by atoms with Gasteiger partial charge >= 0.3 is 5.97 Å². The van der Waals surface area contributed by atoms with Crippen molar-refractivity contribution < 1.29 is 31.9 Å².